The Morgan fingerprint density at radius 1 is 1.19 bits per heavy atom. The van der Waals surface area contributed by atoms with Crippen molar-refractivity contribution in [2.75, 3.05) is 27.2 Å². The van der Waals surface area contributed by atoms with Gasteiger partial charge in [0.05, 0.1) is 5.54 Å². The minimum absolute atomic E-state index is 0.158. The monoisotopic (exact) mass is 218 g/mol. The standard InChI is InChI=1S/C14H22N2/c1-11-7-12(2)9-13(8-11)14(15-3)5-6-16(4)10-14/h7-9,15H,5-6,10H2,1-4H3. The van der Waals surface area contributed by atoms with Gasteiger partial charge in [0.2, 0.25) is 0 Å². The second-order valence-corrected chi connectivity index (χ2v) is 5.20. The molecule has 1 atom stereocenters. The largest absolute Gasteiger partial charge is 0.309 e. The molecule has 2 nitrogen and oxygen atoms in total. The van der Waals surface area contributed by atoms with E-state index in [1.54, 1.807) is 0 Å². The Kier molecular flexibility index (Phi) is 3.04. The predicted molar refractivity (Wildman–Crippen MR) is 68.8 cm³/mol. The lowest BCUT2D eigenvalue weighted by Gasteiger charge is -2.30. The summed E-state index contributed by atoms with van der Waals surface area (Å²) in [4.78, 5) is 2.40. The molecule has 0 bridgehead atoms. The fraction of sp³-hybridized carbons (Fsp3) is 0.571. The first-order chi connectivity index (χ1) is 7.55. The first-order valence-corrected chi connectivity index (χ1v) is 6.02. The summed E-state index contributed by atoms with van der Waals surface area (Å²) in [6.07, 6.45) is 1.20. The second-order valence-electron chi connectivity index (χ2n) is 5.20. The molecule has 1 aromatic carbocycles. The van der Waals surface area contributed by atoms with Crippen LogP contribution in [0.1, 0.15) is 23.1 Å². The number of hydrogen-bond acceptors (Lipinski definition) is 2. The van der Waals surface area contributed by atoms with Gasteiger partial charge in [-0.05, 0) is 39.9 Å². The van der Waals surface area contributed by atoms with Gasteiger partial charge in [0.25, 0.3) is 0 Å². The van der Waals surface area contributed by atoms with Crippen LogP contribution in [0.4, 0.5) is 0 Å². The quantitative estimate of drug-likeness (QED) is 0.817. The Morgan fingerprint density at radius 2 is 1.81 bits per heavy atom. The number of rotatable bonds is 2. The number of benzene rings is 1. The smallest absolute Gasteiger partial charge is 0.0573 e. The summed E-state index contributed by atoms with van der Waals surface area (Å²) in [5.41, 5.74) is 4.32. The van der Waals surface area contributed by atoms with E-state index < -0.39 is 0 Å². The summed E-state index contributed by atoms with van der Waals surface area (Å²) in [7, 11) is 4.28. The van der Waals surface area contributed by atoms with Gasteiger partial charge in [-0.3, -0.25) is 0 Å². The van der Waals surface area contributed by atoms with Gasteiger partial charge in [0.1, 0.15) is 0 Å². The Morgan fingerprint density at radius 3 is 2.25 bits per heavy atom. The van der Waals surface area contributed by atoms with Crippen molar-refractivity contribution in [2.45, 2.75) is 25.8 Å². The summed E-state index contributed by atoms with van der Waals surface area (Å²) in [5.74, 6) is 0. The second kappa shape index (κ2) is 4.19. The number of aryl methyl sites for hydroxylation is 2. The third-order valence-electron chi connectivity index (χ3n) is 3.71. The molecule has 0 saturated carbocycles. The van der Waals surface area contributed by atoms with E-state index in [2.05, 4.69) is 56.4 Å². The highest BCUT2D eigenvalue weighted by atomic mass is 15.2. The zero-order chi connectivity index (χ0) is 11.8. The molecule has 0 spiro atoms. The molecule has 1 unspecified atom stereocenters. The van der Waals surface area contributed by atoms with Crippen molar-refractivity contribution in [1.29, 1.82) is 0 Å². The molecule has 2 rings (SSSR count). The summed E-state index contributed by atoms with van der Waals surface area (Å²) in [5, 5.41) is 3.54. The van der Waals surface area contributed by atoms with Gasteiger partial charge < -0.3 is 10.2 Å². The van der Waals surface area contributed by atoms with Crippen LogP contribution in [-0.2, 0) is 5.54 Å². The molecule has 1 fully saturated rings. The fourth-order valence-corrected chi connectivity index (χ4v) is 2.84. The molecule has 1 aromatic rings. The highest BCUT2D eigenvalue weighted by Gasteiger charge is 2.36. The zero-order valence-electron chi connectivity index (χ0n) is 10.8. The molecular formula is C14H22N2. The first kappa shape index (κ1) is 11.6. The van der Waals surface area contributed by atoms with Crippen LogP contribution in [0.5, 0.6) is 0 Å². The van der Waals surface area contributed by atoms with Gasteiger partial charge in [-0.1, -0.05) is 29.3 Å². The van der Waals surface area contributed by atoms with Crippen molar-refractivity contribution < 1.29 is 0 Å². The molecule has 1 aliphatic rings. The van der Waals surface area contributed by atoms with Crippen LogP contribution in [-0.4, -0.2) is 32.1 Å². The van der Waals surface area contributed by atoms with Crippen LogP contribution in [0.3, 0.4) is 0 Å². The number of likely N-dealkylation sites (tertiary alicyclic amines) is 1. The molecule has 1 aliphatic heterocycles. The van der Waals surface area contributed by atoms with Crippen LogP contribution in [0.2, 0.25) is 0 Å². The zero-order valence-corrected chi connectivity index (χ0v) is 10.8. The molecule has 0 radical (unpaired) electrons. The maximum absolute atomic E-state index is 3.54. The molecule has 16 heavy (non-hydrogen) atoms. The van der Waals surface area contributed by atoms with Gasteiger partial charge >= 0.3 is 0 Å². The van der Waals surface area contributed by atoms with E-state index in [1.165, 1.54) is 29.7 Å². The van der Waals surface area contributed by atoms with E-state index in [1.807, 2.05) is 0 Å². The van der Waals surface area contributed by atoms with Gasteiger partial charge in [-0.25, -0.2) is 0 Å². The maximum atomic E-state index is 3.54. The van der Waals surface area contributed by atoms with E-state index in [0.29, 0.717) is 0 Å². The van der Waals surface area contributed by atoms with Gasteiger partial charge in [-0.15, -0.1) is 0 Å². The van der Waals surface area contributed by atoms with Gasteiger partial charge in [-0.2, -0.15) is 0 Å². The molecule has 0 aliphatic carbocycles. The first-order valence-electron chi connectivity index (χ1n) is 6.02. The SMILES string of the molecule is CNC1(c2cc(C)cc(C)c2)CCN(C)C1. The number of likely N-dealkylation sites (N-methyl/N-ethyl adjacent to an activating group) is 2. The van der Waals surface area contributed by atoms with Crippen molar-refractivity contribution in [3.05, 3.63) is 34.9 Å². The van der Waals surface area contributed by atoms with Crippen LogP contribution < -0.4 is 5.32 Å². The van der Waals surface area contributed by atoms with E-state index >= 15 is 0 Å². The van der Waals surface area contributed by atoms with Gasteiger partial charge in [0.15, 0.2) is 0 Å². The average molecular weight is 218 g/mol. The Balaban J connectivity index is 2.40. The lowest BCUT2D eigenvalue weighted by atomic mass is 9.87. The lowest BCUT2D eigenvalue weighted by Crippen LogP contribution is -2.42. The minimum Gasteiger partial charge on any atom is -0.309 e. The van der Waals surface area contributed by atoms with Gasteiger partial charge in [0, 0.05) is 13.1 Å². The number of nitrogens with zero attached hydrogens (tertiary/aromatic N) is 1. The topological polar surface area (TPSA) is 15.3 Å². The van der Waals surface area contributed by atoms with E-state index in [9.17, 15) is 0 Å². The highest BCUT2D eigenvalue weighted by molar-refractivity contribution is 5.34. The van der Waals surface area contributed by atoms with Crippen LogP contribution >= 0.6 is 0 Å². The van der Waals surface area contributed by atoms with Crippen molar-refractivity contribution in [1.82, 2.24) is 10.2 Å². The Hall–Kier alpha value is -0.860. The Labute approximate surface area is 98.7 Å². The maximum Gasteiger partial charge on any atom is 0.0573 e. The van der Waals surface area contributed by atoms with E-state index in [0.717, 1.165) is 6.54 Å². The summed E-state index contributed by atoms with van der Waals surface area (Å²) < 4.78 is 0. The number of nitrogens with one attached hydrogen (secondary N) is 1. The molecule has 0 amide bonds. The van der Waals surface area contributed by atoms with Crippen molar-refractivity contribution in [3.63, 3.8) is 0 Å². The summed E-state index contributed by atoms with van der Waals surface area (Å²) >= 11 is 0. The van der Waals surface area contributed by atoms with Crippen molar-refractivity contribution >= 4 is 0 Å². The molecule has 2 heteroatoms. The molecular weight excluding hydrogens is 196 g/mol. The molecule has 1 saturated heterocycles. The molecule has 1 N–H and O–H groups in total. The predicted octanol–water partition coefficient (Wildman–Crippen LogP) is 2.05. The normalized spacial score (nSPS) is 26.2. The molecule has 0 aromatic heterocycles. The molecule has 1 heterocycles. The van der Waals surface area contributed by atoms with Crippen LogP contribution in [0.15, 0.2) is 18.2 Å². The van der Waals surface area contributed by atoms with Crippen LogP contribution in [0.25, 0.3) is 0 Å². The van der Waals surface area contributed by atoms with E-state index in [4.69, 9.17) is 0 Å². The molecule has 88 valence electrons. The minimum atomic E-state index is 0.158. The lowest BCUT2D eigenvalue weighted by molar-refractivity contribution is 0.334. The third kappa shape index (κ3) is 2.00. The third-order valence-corrected chi connectivity index (χ3v) is 3.71. The van der Waals surface area contributed by atoms with Crippen molar-refractivity contribution in [2.24, 2.45) is 0 Å². The number of hydrogen-bond donors (Lipinski definition) is 1. The average Bonchev–Trinajstić information content (AvgIpc) is 2.60. The fourth-order valence-electron chi connectivity index (χ4n) is 2.84. The summed E-state index contributed by atoms with van der Waals surface area (Å²) in [6.45, 7) is 6.64. The van der Waals surface area contributed by atoms with E-state index in [-0.39, 0.29) is 5.54 Å². The van der Waals surface area contributed by atoms with Crippen molar-refractivity contribution in [3.8, 4) is 0 Å². The highest BCUT2D eigenvalue weighted by Crippen LogP contribution is 2.32. The van der Waals surface area contributed by atoms with Crippen LogP contribution in [0, 0.1) is 13.8 Å². The Bertz CT molecular complexity index is 366. The summed E-state index contributed by atoms with van der Waals surface area (Å²) in [6, 6.07) is 6.89.